The highest BCUT2D eigenvalue weighted by molar-refractivity contribution is 5.74. The van der Waals surface area contributed by atoms with E-state index in [2.05, 4.69) is 48.3 Å². The van der Waals surface area contributed by atoms with Crippen molar-refractivity contribution in [1.82, 2.24) is 15.1 Å². The maximum absolute atomic E-state index is 13.1. The minimum atomic E-state index is -0.251. The Morgan fingerprint density at radius 3 is 2.26 bits per heavy atom. The summed E-state index contributed by atoms with van der Waals surface area (Å²) in [6.45, 7) is 8.77. The molecule has 0 radical (unpaired) electrons. The molecular formula is C22H28FN3O. The third-order valence-corrected chi connectivity index (χ3v) is 5.22. The molecule has 4 nitrogen and oxygen atoms in total. The van der Waals surface area contributed by atoms with Crippen LogP contribution in [0, 0.1) is 5.82 Å². The molecule has 0 aliphatic carbocycles. The first kappa shape index (κ1) is 19.4. The number of nitrogens with zero attached hydrogens (tertiary/aromatic N) is 2. The fraction of sp³-hybridized carbons (Fsp3) is 0.409. The van der Waals surface area contributed by atoms with E-state index in [4.69, 9.17) is 0 Å². The fourth-order valence-corrected chi connectivity index (χ4v) is 3.36. The highest BCUT2D eigenvalue weighted by Gasteiger charge is 2.25. The number of nitrogens with one attached hydrogen (secondary N) is 1. The van der Waals surface area contributed by atoms with Crippen LogP contribution in [0.25, 0.3) is 0 Å². The standard InChI is InChI=1S/C22H28FN3O/c1-22(2,19-8-10-20(23)11-9-19)17-24-21(27)26-14-12-25(13-15-26)16-18-6-4-3-5-7-18/h3-11H,12-17H2,1-2H3,(H,24,27). The van der Waals surface area contributed by atoms with Crippen molar-refractivity contribution < 1.29 is 9.18 Å². The van der Waals surface area contributed by atoms with Gasteiger partial charge >= 0.3 is 6.03 Å². The first-order valence-electron chi connectivity index (χ1n) is 9.49. The number of rotatable bonds is 5. The Morgan fingerprint density at radius 2 is 1.63 bits per heavy atom. The van der Waals surface area contributed by atoms with Gasteiger partial charge in [-0.3, -0.25) is 4.90 Å². The van der Waals surface area contributed by atoms with Crippen molar-refractivity contribution in [2.75, 3.05) is 32.7 Å². The summed E-state index contributed by atoms with van der Waals surface area (Å²) in [5.41, 5.74) is 2.06. The summed E-state index contributed by atoms with van der Waals surface area (Å²) < 4.78 is 13.1. The second kappa shape index (κ2) is 8.53. The number of carbonyl (C=O) groups excluding carboxylic acids is 1. The van der Waals surface area contributed by atoms with Gasteiger partial charge in [0.2, 0.25) is 0 Å². The molecule has 0 atom stereocenters. The Bertz CT molecular complexity index is 738. The van der Waals surface area contributed by atoms with Gasteiger partial charge in [0.05, 0.1) is 0 Å². The average molecular weight is 369 g/mol. The fourth-order valence-electron chi connectivity index (χ4n) is 3.36. The molecule has 0 aromatic heterocycles. The van der Waals surface area contributed by atoms with Crippen molar-refractivity contribution in [3.8, 4) is 0 Å². The molecule has 1 heterocycles. The number of urea groups is 1. The van der Waals surface area contributed by atoms with Crippen molar-refractivity contribution in [3.05, 3.63) is 71.5 Å². The van der Waals surface area contributed by atoms with E-state index < -0.39 is 0 Å². The number of halogens is 1. The first-order chi connectivity index (χ1) is 12.9. The van der Waals surface area contributed by atoms with E-state index in [-0.39, 0.29) is 17.3 Å². The Balaban J connectivity index is 1.46. The van der Waals surface area contributed by atoms with Crippen molar-refractivity contribution in [1.29, 1.82) is 0 Å². The van der Waals surface area contributed by atoms with Gasteiger partial charge in [0.15, 0.2) is 0 Å². The zero-order valence-corrected chi connectivity index (χ0v) is 16.1. The third-order valence-electron chi connectivity index (χ3n) is 5.22. The SMILES string of the molecule is CC(C)(CNC(=O)N1CCN(Cc2ccccc2)CC1)c1ccc(F)cc1. The molecule has 0 saturated carbocycles. The van der Waals surface area contributed by atoms with Gasteiger partial charge in [0, 0.05) is 44.7 Å². The summed E-state index contributed by atoms with van der Waals surface area (Å²) in [5, 5.41) is 3.05. The Hall–Kier alpha value is -2.40. The molecule has 0 spiro atoms. The van der Waals surface area contributed by atoms with Crippen molar-refractivity contribution in [2.24, 2.45) is 0 Å². The minimum absolute atomic E-state index is 0.0236. The number of hydrogen-bond acceptors (Lipinski definition) is 2. The van der Waals surface area contributed by atoms with Gasteiger partial charge in [-0.2, -0.15) is 0 Å². The molecule has 0 bridgehead atoms. The lowest BCUT2D eigenvalue weighted by atomic mass is 9.84. The Kier molecular flexibility index (Phi) is 6.11. The van der Waals surface area contributed by atoms with Crippen LogP contribution in [0.4, 0.5) is 9.18 Å². The molecule has 2 aromatic carbocycles. The van der Waals surface area contributed by atoms with Gasteiger partial charge < -0.3 is 10.2 Å². The summed E-state index contributed by atoms with van der Waals surface area (Å²) >= 11 is 0. The molecule has 1 N–H and O–H groups in total. The summed E-state index contributed by atoms with van der Waals surface area (Å²) in [6.07, 6.45) is 0. The molecule has 1 saturated heterocycles. The van der Waals surface area contributed by atoms with E-state index >= 15 is 0 Å². The normalized spacial score (nSPS) is 15.6. The van der Waals surface area contributed by atoms with Crippen LogP contribution in [0.2, 0.25) is 0 Å². The van der Waals surface area contributed by atoms with Crippen LogP contribution in [-0.2, 0) is 12.0 Å². The lowest BCUT2D eigenvalue weighted by Crippen LogP contribution is -2.52. The highest BCUT2D eigenvalue weighted by Crippen LogP contribution is 2.22. The number of carbonyl (C=O) groups is 1. The number of hydrogen-bond donors (Lipinski definition) is 1. The summed E-state index contributed by atoms with van der Waals surface area (Å²) in [5.74, 6) is -0.244. The van der Waals surface area contributed by atoms with E-state index in [1.165, 1.54) is 17.7 Å². The van der Waals surface area contributed by atoms with Crippen LogP contribution >= 0.6 is 0 Å². The second-order valence-corrected chi connectivity index (χ2v) is 7.80. The smallest absolute Gasteiger partial charge is 0.317 e. The molecular weight excluding hydrogens is 341 g/mol. The van der Waals surface area contributed by atoms with Gasteiger partial charge in [-0.15, -0.1) is 0 Å². The molecule has 1 aliphatic heterocycles. The van der Waals surface area contributed by atoms with Crippen LogP contribution in [0.5, 0.6) is 0 Å². The lowest BCUT2D eigenvalue weighted by molar-refractivity contribution is 0.134. The van der Waals surface area contributed by atoms with Gasteiger partial charge in [-0.1, -0.05) is 56.3 Å². The zero-order valence-electron chi connectivity index (χ0n) is 16.1. The average Bonchev–Trinajstić information content (AvgIpc) is 2.68. The molecule has 27 heavy (non-hydrogen) atoms. The first-order valence-corrected chi connectivity index (χ1v) is 9.49. The molecule has 5 heteroatoms. The van der Waals surface area contributed by atoms with Crippen molar-refractivity contribution in [2.45, 2.75) is 25.8 Å². The molecule has 1 fully saturated rings. The van der Waals surface area contributed by atoms with E-state index in [1.54, 1.807) is 12.1 Å². The molecule has 144 valence electrons. The van der Waals surface area contributed by atoms with Crippen LogP contribution in [-0.4, -0.2) is 48.6 Å². The maximum Gasteiger partial charge on any atom is 0.317 e. The van der Waals surface area contributed by atoms with Crippen LogP contribution in [0.15, 0.2) is 54.6 Å². The zero-order chi connectivity index (χ0) is 19.3. The van der Waals surface area contributed by atoms with Crippen LogP contribution in [0.1, 0.15) is 25.0 Å². The predicted octanol–water partition coefficient (Wildman–Crippen LogP) is 3.63. The van der Waals surface area contributed by atoms with Gasteiger partial charge in [-0.25, -0.2) is 9.18 Å². The quantitative estimate of drug-likeness (QED) is 0.874. The number of piperazine rings is 1. The van der Waals surface area contributed by atoms with Gasteiger partial charge in [0.1, 0.15) is 5.82 Å². The summed E-state index contributed by atoms with van der Waals surface area (Å²) in [6, 6.07) is 16.9. The minimum Gasteiger partial charge on any atom is -0.337 e. The van der Waals surface area contributed by atoms with E-state index in [0.717, 1.165) is 38.3 Å². The Morgan fingerprint density at radius 1 is 1.00 bits per heavy atom. The van der Waals surface area contributed by atoms with E-state index in [0.29, 0.717) is 6.54 Å². The maximum atomic E-state index is 13.1. The highest BCUT2D eigenvalue weighted by atomic mass is 19.1. The van der Waals surface area contributed by atoms with Crippen LogP contribution < -0.4 is 5.32 Å². The number of benzene rings is 2. The molecule has 2 amide bonds. The third kappa shape index (κ3) is 5.30. The molecule has 3 rings (SSSR count). The van der Waals surface area contributed by atoms with Gasteiger partial charge in [0.25, 0.3) is 0 Å². The van der Waals surface area contributed by atoms with Crippen LogP contribution in [0.3, 0.4) is 0 Å². The summed E-state index contributed by atoms with van der Waals surface area (Å²) in [4.78, 5) is 16.8. The molecule has 1 aliphatic rings. The topological polar surface area (TPSA) is 35.6 Å². The monoisotopic (exact) mass is 369 g/mol. The predicted molar refractivity (Wildman–Crippen MR) is 106 cm³/mol. The lowest BCUT2D eigenvalue weighted by Gasteiger charge is -2.35. The van der Waals surface area contributed by atoms with E-state index in [1.807, 2.05) is 11.0 Å². The molecule has 0 unspecified atom stereocenters. The largest absolute Gasteiger partial charge is 0.337 e. The van der Waals surface area contributed by atoms with E-state index in [9.17, 15) is 9.18 Å². The van der Waals surface area contributed by atoms with Gasteiger partial charge in [-0.05, 0) is 23.3 Å². The molecule has 2 aromatic rings. The van der Waals surface area contributed by atoms with Crippen molar-refractivity contribution >= 4 is 6.03 Å². The number of amides is 2. The second-order valence-electron chi connectivity index (χ2n) is 7.80. The summed E-state index contributed by atoms with van der Waals surface area (Å²) in [7, 11) is 0. The Labute approximate surface area is 161 Å². The van der Waals surface area contributed by atoms with Crippen molar-refractivity contribution in [3.63, 3.8) is 0 Å².